The fraction of sp³-hybridized carbons (Fsp3) is 0.133. The summed E-state index contributed by atoms with van der Waals surface area (Å²) in [6, 6.07) is 12.3. The largest absolute Gasteiger partial charge is 0.495 e. The molecule has 0 aliphatic carbocycles. The number of ether oxygens (including phenoxy) is 1. The molecule has 0 heterocycles. The molecule has 0 bridgehead atoms. The van der Waals surface area contributed by atoms with Crippen LogP contribution in [-0.2, 0) is 11.2 Å². The van der Waals surface area contributed by atoms with Crippen LogP contribution in [0.5, 0.6) is 5.75 Å². The van der Waals surface area contributed by atoms with Crippen LogP contribution >= 0.6 is 11.6 Å². The van der Waals surface area contributed by atoms with E-state index in [0.717, 1.165) is 5.56 Å². The lowest BCUT2D eigenvalue weighted by molar-refractivity contribution is -0.115. The maximum atomic E-state index is 12.0. The first-order valence-electron chi connectivity index (χ1n) is 6.07. The number of halogens is 1. The summed E-state index contributed by atoms with van der Waals surface area (Å²) < 4.78 is 5.18. The Morgan fingerprint density at radius 3 is 2.75 bits per heavy atom. The lowest BCUT2D eigenvalue weighted by Crippen LogP contribution is -2.15. The van der Waals surface area contributed by atoms with E-state index < -0.39 is 0 Å². The number of nitrogens with two attached hydrogens (primary N) is 1. The highest BCUT2D eigenvalue weighted by atomic mass is 35.5. The number of methoxy groups -OCH3 is 1. The molecule has 2 aromatic carbocycles. The van der Waals surface area contributed by atoms with Crippen molar-refractivity contribution in [3.8, 4) is 5.75 Å². The van der Waals surface area contributed by atoms with E-state index in [2.05, 4.69) is 5.32 Å². The van der Waals surface area contributed by atoms with Crippen molar-refractivity contribution in [1.29, 1.82) is 0 Å². The van der Waals surface area contributed by atoms with Crippen molar-refractivity contribution in [2.75, 3.05) is 18.2 Å². The molecule has 0 saturated carbocycles. The predicted octanol–water partition coefficient (Wildman–Crippen LogP) is 3.11. The van der Waals surface area contributed by atoms with Gasteiger partial charge in [0.2, 0.25) is 5.91 Å². The lowest BCUT2D eigenvalue weighted by atomic mass is 10.1. The van der Waals surface area contributed by atoms with Gasteiger partial charge in [-0.3, -0.25) is 4.79 Å². The van der Waals surface area contributed by atoms with Crippen molar-refractivity contribution >= 4 is 28.9 Å². The molecule has 0 aromatic heterocycles. The van der Waals surface area contributed by atoms with Crippen LogP contribution in [0.4, 0.5) is 11.4 Å². The summed E-state index contributed by atoms with van der Waals surface area (Å²) in [5.74, 6) is 0.382. The number of rotatable bonds is 4. The smallest absolute Gasteiger partial charge is 0.228 e. The van der Waals surface area contributed by atoms with Crippen LogP contribution in [0.25, 0.3) is 0 Å². The summed E-state index contributed by atoms with van der Waals surface area (Å²) in [6.07, 6.45) is 0.197. The average molecular weight is 291 g/mol. The van der Waals surface area contributed by atoms with Crippen molar-refractivity contribution in [2.45, 2.75) is 6.42 Å². The Labute approximate surface area is 122 Å². The van der Waals surface area contributed by atoms with Gasteiger partial charge in [-0.05, 0) is 29.8 Å². The van der Waals surface area contributed by atoms with E-state index in [1.807, 2.05) is 18.2 Å². The van der Waals surface area contributed by atoms with Crippen LogP contribution in [0.3, 0.4) is 0 Å². The summed E-state index contributed by atoms with van der Waals surface area (Å²) in [5.41, 5.74) is 7.74. The third kappa shape index (κ3) is 3.42. The highest BCUT2D eigenvalue weighted by molar-refractivity contribution is 6.31. The molecule has 20 heavy (non-hydrogen) atoms. The summed E-state index contributed by atoms with van der Waals surface area (Å²) >= 11 is 5.92. The standard InChI is InChI=1S/C15H15ClN2O2/c1-20-14-7-6-11(16)9-13(14)18-15(19)8-10-4-2-3-5-12(10)17/h2-7,9H,8,17H2,1H3,(H,18,19). The second-order valence-electron chi connectivity index (χ2n) is 4.27. The van der Waals surface area contributed by atoms with Gasteiger partial charge in [0.25, 0.3) is 0 Å². The van der Waals surface area contributed by atoms with Crippen molar-refractivity contribution in [2.24, 2.45) is 0 Å². The van der Waals surface area contributed by atoms with Crippen LogP contribution in [0.1, 0.15) is 5.56 Å². The monoisotopic (exact) mass is 290 g/mol. The van der Waals surface area contributed by atoms with Crippen molar-refractivity contribution < 1.29 is 9.53 Å². The molecule has 2 rings (SSSR count). The highest BCUT2D eigenvalue weighted by Gasteiger charge is 2.10. The topological polar surface area (TPSA) is 64.3 Å². The highest BCUT2D eigenvalue weighted by Crippen LogP contribution is 2.27. The van der Waals surface area contributed by atoms with Crippen LogP contribution in [0, 0.1) is 0 Å². The number of anilines is 2. The molecule has 2 aromatic rings. The molecular formula is C15H15ClN2O2. The maximum Gasteiger partial charge on any atom is 0.228 e. The summed E-state index contributed by atoms with van der Waals surface area (Å²) in [5, 5.41) is 3.30. The van der Waals surface area contributed by atoms with Gasteiger partial charge >= 0.3 is 0 Å². The van der Waals surface area contributed by atoms with Crippen LogP contribution < -0.4 is 15.8 Å². The van der Waals surface area contributed by atoms with E-state index in [0.29, 0.717) is 22.1 Å². The second kappa shape index (κ2) is 6.30. The Hall–Kier alpha value is -2.20. The van der Waals surface area contributed by atoms with Crippen LogP contribution in [0.2, 0.25) is 5.02 Å². The molecule has 4 nitrogen and oxygen atoms in total. The van der Waals surface area contributed by atoms with Gasteiger partial charge in [-0.15, -0.1) is 0 Å². The summed E-state index contributed by atoms with van der Waals surface area (Å²) in [7, 11) is 1.54. The number of nitrogens with one attached hydrogen (secondary N) is 1. The van der Waals surface area contributed by atoms with E-state index >= 15 is 0 Å². The molecule has 0 saturated heterocycles. The Bertz CT molecular complexity index is 629. The van der Waals surface area contributed by atoms with Crippen molar-refractivity contribution in [1.82, 2.24) is 0 Å². The average Bonchev–Trinajstić information content (AvgIpc) is 2.41. The van der Waals surface area contributed by atoms with Crippen LogP contribution in [-0.4, -0.2) is 13.0 Å². The minimum absolute atomic E-state index is 0.177. The number of benzene rings is 2. The lowest BCUT2D eigenvalue weighted by Gasteiger charge is -2.11. The zero-order chi connectivity index (χ0) is 14.5. The zero-order valence-corrected chi connectivity index (χ0v) is 11.8. The molecule has 0 aliphatic heterocycles. The van der Waals surface area contributed by atoms with Gasteiger partial charge in [-0.25, -0.2) is 0 Å². The van der Waals surface area contributed by atoms with Crippen molar-refractivity contribution in [3.63, 3.8) is 0 Å². The Kier molecular flexibility index (Phi) is 4.48. The molecule has 5 heteroatoms. The maximum absolute atomic E-state index is 12.0. The SMILES string of the molecule is COc1ccc(Cl)cc1NC(=O)Cc1ccccc1N. The molecule has 0 unspecified atom stereocenters. The third-order valence-electron chi connectivity index (χ3n) is 2.84. The molecule has 1 amide bonds. The molecule has 0 aliphatic rings. The number of hydrogen-bond acceptors (Lipinski definition) is 3. The van der Waals surface area contributed by atoms with E-state index in [1.165, 1.54) is 7.11 Å². The predicted molar refractivity (Wildman–Crippen MR) is 81.2 cm³/mol. The van der Waals surface area contributed by atoms with Gasteiger partial charge in [0.05, 0.1) is 19.2 Å². The minimum atomic E-state index is -0.177. The van der Waals surface area contributed by atoms with Crippen molar-refractivity contribution in [3.05, 3.63) is 53.1 Å². The first-order valence-corrected chi connectivity index (χ1v) is 6.44. The fourth-order valence-corrected chi connectivity index (χ4v) is 2.01. The second-order valence-corrected chi connectivity index (χ2v) is 4.70. The number of nitrogen functional groups attached to an aromatic ring is 1. The van der Waals surface area contributed by atoms with Gasteiger partial charge < -0.3 is 15.8 Å². The molecule has 3 N–H and O–H groups in total. The molecule has 0 radical (unpaired) electrons. The number of carbonyl (C=O) groups excluding carboxylic acids is 1. The zero-order valence-electron chi connectivity index (χ0n) is 11.0. The Morgan fingerprint density at radius 1 is 1.30 bits per heavy atom. The van der Waals surface area contributed by atoms with Gasteiger partial charge in [0, 0.05) is 10.7 Å². The van der Waals surface area contributed by atoms with E-state index in [-0.39, 0.29) is 12.3 Å². The molecule has 0 fully saturated rings. The summed E-state index contributed by atoms with van der Waals surface area (Å²) in [6.45, 7) is 0. The molecule has 0 spiro atoms. The number of para-hydroxylation sites is 1. The Balaban J connectivity index is 2.12. The number of amides is 1. The fourth-order valence-electron chi connectivity index (χ4n) is 1.84. The van der Waals surface area contributed by atoms with E-state index in [4.69, 9.17) is 22.1 Å². The normalized spacial score (nSPS) is 10.1. The minimum Gasteiger partial charge on any atom is -0.495 e. The van der Waals surface area contributed by atoms with Gasteiger partial charge in [0.1, 0.15) is 5.75 Å². The first-order chi connectivity index (χ1) is 9.60. The van der Waals surface area contributed by atoms with E-state index in [1.54, 1.807) is 24.3 Å². The van der Waals surface area contributed by atoms with Gasteiger partial charge in [-0.1, -0.05) is 29.8 Å². The van der Waals surface area contributed by atoms with Gasteiger partial charge in [-0.2, -0.15) is 0 Å². The van der Waals surface area contributed by atoms with Gasteiger partial charge in [0.15, 0.2) is 0 Å². The number of carbonyl (C=O) groups is 1. The molecule has 104 valence electrons. The third-order valence-corrected chi connectivity index (χ3v) is 3.08. The number of hydrogen-bond donors (Lipinski definition) is 2. The molecule has 0 atom stereocenters. The quantitative estimate of drug-likeness (QED) is 0.850. The van der Waals surface area contributed by atoms with Crippen LogP contribution in [0.15, 0.2) is 42.5 Å². The molecular weight excluding hydrogens is 276 g/mol. The first kappa shape index (κ1) is 14.2. The summed E-state index contributed by atoms with van der Waals surface area (Å²) in [4.78, 5) is 12.0. The Morgan fingerprint density at radius 2 is 2.05 bits per heavy atom. The van der Waals surface area contributed by atoms with E-state index in [9.17, 15) is 4.79 Å².